The first kappa shape index (κ1) is 12.6. The van der Waals surface area contributed by atoms with Crippen LogP contribution in [-0.4, -0.2) is 38.8 Å². The van der Waals surface area contributed by atoms with Gasteiger partial charge >= 0.3 is 0 Å². The Kier molecular flexibility index (Phi) is 3.27. The van der Waals surface area contributed by atoms with E-state index < -0.39 is 0 Å². The van der Waals surface area contributed by atoms with Crippen LogP contribution in [0.1, 0.15) is 18.1 Å². The fraction of sp³-hybridized carbons (Fsp3) is 0.600. The fourth-order valence-corrected chi connectivity index (χ4v) is 3.05. The maximum absolute atomic E-state index is 6.15. The molecule has 19 heavy (non-hydrogen) atoms. The summed E-state index contributed by atoms with van der Waals surface area (Å²) in [6.45, 7) is 11.5. The summed E-state index contributed by atoms with van der Waals surface area (Å²) in [5.41, 5.74) is 5.05. The van der Waals surface area contributed by atoms with Gasteiger partial charge in [0.25, 0.3) is 0 Å². The lowest BCUT2D eigenvalue weighted by Gasteiger charge is -2.36. The van der Waals surface area contributed by atoms with E-state index in [0.29, 0.717) is 0 Å². The van der Waals surface area contributed by atoms with Crippen LogP contribution in [0.3, 0.4) is 0 Å². The standard InChI is InChI=1S/C15H23N3O/c1-10-8-11(2)14(18-6-4-16-5-7-18)15-13(10)17-9-12(3)19-15/h8,12,16-17H,4-7,9H2,1-3H3. The molecule has 0 bridgehead atoms. The predicted octanol–water partition coefficient (Wildman–Crippen LogP) is 1.91. The first-order valence-corrected chi connectivity index (χ1v) is 7.17. The Bertz CT molecular complexity index is 481. The number of nitrogens with one attached hydrogen (secondary N) is 2. The van der Waals surface area contributed by atoms with Gasteiger partial charge in [0.2, 0.25) is 0 Å². The molecular weight excluding hydrogens is 238 g/mol. The van der Waals surface area contributed by atoms with Crippen LogP contribution in [0.25, 0.3) is 0 Å². The highest BCUT2D eigenvalue weighted by Crippen LogP contribution is 2.43. The molecule has 0 saturated carbocycles. The van der Waals surface area contributed by atoms with Gasteiger partial charge in [0.15, 0.2) is 5.75 Å². The first-order chi connectivity index (χ1) is 9.16. The largest absolute Gasteiger partial charge is 0.485 e. The van der Waals surface area contributed by atoms with Crippen LogP contribution in [0.5, 0.6) is 5.75 Å². The third kappa shape index (κ3) is 2.25. The molecule has 0 spiro atoms. The van der Waals surface area contributed by atoms with E-state index in [1.807, 2.05) is 0 Å². The van der Waals surface area contributed by atoms with E-state index >= 15 is 0 Å². The molecule has 0 amide bonds. The second kappa shape index (κ2) is 4.93. The maximum atomic E-state index is 6.15. The summed E-state index contributed by atoms with van der Waals surface area (Å²) in [5, 5.41) is 6.93. The van der Waals surface area contributed by atoms with E-state index in [1.54, 1.807) is 0 Å². The number of hydrogen-bond donors (Lipinski definition) is 2. The Balaban J connectivity index is 2.06. The average molecular weight is 261 g/mol. The van der Waals surface area contributed by atoms with Crippen molar-refractivity contribution in [1.29, 1.82) is 0 Å². The molecule has 104 valence electrons. The van der Waals surface area contributed by atoms with Crippen molar-refractivity contribution in [3.63, 3.8) is 0 Å². The highest BCUT2D eigenvalue weighted by atomic mass is 16.5. The van der Waals surface area contributed by atoms with E-state index in [1.165, 1.54) is 22.5 Å². The van der Waals surface area contributed by atoms with Crippen molar-refractivity contribution in [3.05, 3.63) is 17.2 Å². The summed E-state index contributed by atoms with van der Waals surface area (Å²) < 4.78 is 6.15. The molecule has 1 unspecified atom stereocenters. The number of aryl methyl sites for hydroxylation is 2. The minimum Gasteiger partial charge on any atom is -0.485 e. The summed E-state index contributed by atoms with van der Waals surface area (Å²) in [7, 11) is 0. The molecule has 1 saturated heterocycles. The SMILES string of the molecule is Cc1cc(C)c(N2CCNCC2)c2c1NCC(C)O2. The summed E-state index contributed by atoms with van der Waals surface area (Å²) in [5.74, 6) is 1.05. The summed E-state index contributed by atoms with van der Waals surface area (Å²) >= 11 is 0. The Morgan fingerprint density at radius 3 is 2.68 bits per heavy atom. The van der Waals surface area contributed by atoms with Gasteiger partial charge in [-0.1, -0.05) is 6.07 Å². The zero-order valence-electron chi connectivity index (χ0n) is 12.0. The molecule has 4 nitrogen and oxygen atoms in total. The topological polar surface area (TPSA) is 36.5 Å². The molecule has 1 atom stereocenters. The summed E-state index contributed by atoms with van der Waals surface area (Å²) in [4.78, 5) is 2.45. The molecule has 0 radical (unpaired) electrons. The van der Waals surface area contributed by atoms with E-state index in [0.717, 1.165) is 38.5 Å². The van der Waals surface area contributed by atoms with Crippen molar-refractivity contribution >= 4 is 11.4 Å². The van der Waals surface area contributed by atoms with Gasteiger partial charge in [0, 0.05) is 26.2 Å². The maximum Gasteiger partial charge on any atom is 0.166 e. The zero-order valence-corrected chi connectivity index (χ0v) is 12.0. The third-order valence-electron chi connectivity index (χ3n) is 3.96. The molecular formula is C15H23N3O. The van der Waals surface area contributed by atoms with E-state index in [4.69, 9.17) is 4.74 Å². The van der Waals surface area contributed by atoms with Crippen molar-refractivity contribution in [2.45, 2.75) is 26.9 Å². The first-order valence-electron chi connectivity index (χ1n) is 7.17. The lowest BCUT2D eigenvalue weighted by Crippen LogP contribution is -2.44. The Morgan fingerprint density at radius 1 is 1.21 bits per heavy atom. The van der Waals surface area contributed by atoms with Crippen molar-refractivity contribution in [1.82, 2.24) is 5.32 Å². The number of fused-ring (bicyclic) bond motifs is 1. The second-order valence-electron chi connectivity index (χ2n) is 5.61. The number of piperazine rings is 1. The lowest BCUT2D eigenvalue weighted by molar-refractivity contribution is 0.226. The summed E-state index contributed by atoms with van der Waals surface area (Å²) in [6, 6.07) is 2.27. The van der Waals surface area contributed by atoms with Gasteiger partial charge in [-0.05, 0) is 31.9 Å². The van der Waals surface area contributed by atoms with Crippen LogP contribution in [0.2, 0.25) is 0 Å². The van der Waals surface area contributed by atoms with Crippen LogP contribution in [0.15, 0.2) is 6.07 Å². The number of rotatable bonds is 1. The van der Waals surface area contributed by atoms with Gasteiger partial charge in [-0.3, -0.25) is 0 Å². The number of hydrogen-bond acceptors (Lipinski definition) is 4. The Hall–Kier alpha value is -1.42. The third-order valence-corrected chi connectivity index (χ3v) is 3.96. The minimum atomic E-state index is 0.232. The van der Waals surface area contributed by atoms with E-state index in [9.17, 15) is 0 Å². The normalized spacial score (nSPS) is 22.5. The Labute approximate surface area is 115 Å². The van der Waals surface area contributed by atoms with Gasteiger partial charge in [0.05, 0.1) is 17.9 Å². The van der Waals surface area contributed by atoms with Gasteiger partial charge in [-0.2, -0.15) is 0 Å². The zero-order chi connectivity index (χ0) is 13.4. The quantitative estimate of drug-likeness (QED) is 0.809. The van der Waals surface area contributed by atoms with Gasteiger partial charge in [-0.25, -0.2) is 0 Å². The molecule has 2 heterocycles. The van der Waals surface area contributed by atoms with Gasteiger partial charge in [-0.15, -0.1) is 0 Å². The monoisotopic (exact) mass is 261 g/mol. The van der Waals surface area contributed by atoms with E-state index in [-0.39, 0.29) is 6.10 Å². The number of ether oxygens (including phenoxy) is 1. The molecule has 1 aromatic carbocycles. The number of nitrogens with zero attached hydrogens (tertiary/aromatic N) is 1. The molecule has 3 rings (SSSR count). The Morgan fingerprint density at radius 2 is 1.95 bits per heavy atom. The predicted molar refractivity (Wildman–Crippen MR) is 79.6 cm³/mol. The molecule has 0 aromatic heterocycles. The van der Waals surface area contributed by atoms with Crippen LogP contribution in [0, 0.1) is 13.8 Å². The molecule has 2 aliphatic rings. The molecule has 4 heteroatoms. The van der Waals surface area contributed by atoms with Gasteiger partial charge < -0.3 is 20.3 Å². The fourth-order valence-electron chi connectivity index (χ4n) is 3.05. The van der Waals surface area contributed by atoms with Crippen LogP contribution in [-0.2, 0) is 0 Å². The minimum absolute atomic E-state index is 0.232. The van der Waals surface area contributed by atoms with Crippen molar-refractivity contribution in [2.24, 2.45) is 0 Å². The second-order valence-corrected chi connectivity index (χ2v) is 5.61. The number of anilines is 2. The highest BCUT2D eigenvalue weighted by molar-refractivity contribution is 5.79. The number of benzene rings is 1. The van der Waals surface area contributed by atoms with E-state index in [2.05, 4.69) is 42.4 Å². The van der Waals surface area contributed by atoms with Crippen LogP contribution < -0.4 is 20.3 Å². The molecule has 2 aliphatic heterocycles. The van der Waals surface area contributed by atoms with Crippen molar-refractivity contribution < 1.29 is 4.74 Å². The molecule has 2 N–H and O–H groups in total. The van der Waals surface area contributed by atoms with Crippen molar-refractivity contribution in [3.8, 4) is 5.75 Å². The summed E-state index contributed by atoms with van der Waals surface area (Å²) in [6.07, 6.45) is 0.232. The van der Waals surface area contributed by atoms with Crippen molar-refractivity contribution in [2.75, 3.05) is 42.9 Å². The van der Waals surface area contributed by atoms with Gasteiger partial charge in [0.1, 0.15) is 6.10 Å². The van der Waals surface area contributed by atoms with Crippen LogP contribution >= 0.6 is 0 Å². The molecule has 1 fully saturated rings. The molecule has 0 aliphatic carbocycles. The van der Waals surface area contributed by atoms with Crippen LogP contribution in [0.4, 0.5) is 11.4 Å². The average Bonchev–Trinajstić information content (AvgIpc) is 2.39. The lowest BCUT2D eigenvalue weighted by atomic mass is 10.0. The smallest absolute Gasteiger partial charge is 0.166 e. The molecule has 1 aromatic rings. The highest BCUT2D eigenvalue weighted by Gasteiger charge is 2.26.